The Kier molecular flexibility index (Phi) is 1.61. The molecule has 2 aromatic rings. The molecule has 0 amide bonds. The highest BCUT2D eigenvalue weighted by Crippen LogP contribution is 2.15. The van der Waals surface area contributed by atoms with E-state index in [0.29, 0.717) is 5.92 Å². The zero-order valence-corrected chi connectivity index (χ0v) is 7.36. The molecule has 0 aliphatic heterocycles. The van der Waals surface area contributed by atoms with Crippen molar-refractivity contribution in [2.45, 2.75) is 19.8 Å². The number of aromatic nitrogens is 2. The number of nitrogens with zero attached hydrogens (tertiary/aromatic N) is 2. The molecule has 0 saturated heterocycles. The summed E-state index contributed by atoms with van der Waals surface area (Å²) in [5.41, 5.74) is 2.48. The van der Waals surface area contributed by atoms with Gasteiger partial charge < -0.3 is 4.40 Å². The van der Waals surface area contributed by atoms with E-state index in [1.54, 1.807) is 0 Å². The summed E-state index contributed by atoms with van der Waals surface area (Å²) in [4.78, 5) is 4.11. The molecule has 0 aliphatic carbocycles. The topological polar surface area (TPSA) is 17.3 Å². The van der Waals surface area contributed by atoms with E-state index in [4.69, 9.17) is 0 Å². The van der Waals surface area contributed by atoms with Crippen LogP contribution in [0.15, 0.2) is 30.7 Å². The Morgan fingerprint density at radius 2 is 2.17 bits per heavy atom. The van der Waals surface area contributed by atoms with Gasteiger partial charge in [0, 0.05) is 5.69 Å². The average Bonchev–Trinajstić information content (AvgIpc) is 2.49. The van der Waals surface area contributed by atoms with Gasteiger partial charge in [-0.3, -0.25) is 0 Å². The first-order chi connectivity index (χ1) is 5.79. The summed E-state index contributed by atoms with van der Waals surface area (Å²) in [6, 6.07) is 6.28. The highest BCUT2D eigenvalue weighted by atomic mass is 15.0. The normalized spacial score (nSPS) is 11.2. The Hall–Kier alpha value is -1.31. The van der Waals surface area contributed by atoms with Gasteiger partial charge in [-0.2, -0.15) is 0 Å². The first-order valence-electron chi connectivity index (χ1n) is 4.20. The Bertz CT molecular complexity index is 387. The van der Waals surface area contributed by atoms with Gasteiger partial charge in [0.25, 0.3) is 0 Å². The number of hydrogen-bond acceptors (Lipinski definition) is 1. The molecule has 0 radical (unpaired) electrons. The molecule has 0 unspecified atom stereocenters. The minimum atomic E-state index is 0.544. The lowest BCUT2D eigenvalue weighted by Gasteiger charge is -2.07. The maximum absolute atomic E-state index is 4.11. The molecule has 0 saturated carbocycles. The second kappa shape index (κ2) is 2.63. The van der Waals surface area contributed by atoms with Crippen molar-refractivity contribution in [3.8, 4) is 0 Å². The Balaban J connectivity index is 2.73. The van der Waals surface area contributed by atoms with Crippen molar-refractivity contribution in [3.63, 3.8) is 0 Å². The van der Waals surface area contributed by atoms with Crippen molar-refractivity contribution >= 4 is 5.52 Å². The lowest BCUT2D eigenvalue weighted by molar-refractivity contribution is 0.800. The molecule has 0 N–H and O–H groups in total. The smallest absolute Gasteiger partial charge is 0.0994 e. The lowest BCUT2D eigenvalue weighted by Crippen LogP contribution is -1.96. The van der Waals surface area contributed by atoms with Gasteiger partial charge in [0.05, 0.1) is 18.0 Å². The Morgan fingerprint density at radius 3 is 2.92 bits per heavy atom. The van der Waals surface area contributed by atoms with Crippen molar-refractivity contribution < 1.29 is 0 Å². The zero-order chi connectivity index (χ0) is 8.55. The lowest BCUT2D eigenvalue weighted by atomic mass is 10.1. The molecule has 2 heteroatoms. The van der Waals surface area contributed by atoms with E-state index in [-0.39, 0.29) is 0 Å². The number of imidazole rings is 1. The fraction of sp³-hybridized carbons (Fsp3) is 0.300. The largest absolute Gasteiger partial charge is 0.303 e. The van der Waals surface area contributed by atoms with Crippen LogP contribution in [-0.4, -0.2) is 9.38 Å². The van der Waals surface area contributed by atoms with Crippen molar-refractivity contribution in [3.05, 3.63) is 36.4 Å². The quantitative estimate of drug-likeness (QED) is 0.626. The van der Waals surface area contributed by atoms with Crippen LogP contribution < -0.4 is 0 Å². The summed E-state index contributed by atoms with van der Waals surface area (Å²) in [6.45, 7) is 4.38. The SMILES string of the molecule is CC(C)c1cccc2cncn12. The third kappa shape index (κ3) is 0.998. The first-order valence-corrected chi connectivity index (χ1v) is 4.20. The molecular formula is C10H12N2. The van der Waals surface area contributed by atoms with Crippen LogP contribution >= 0.6 is 0 Å². The van der Waals surface area contributed by atoms with E-state index in [1.807, 2.05) is 12.5 Å². The van der Waals surface area contributed by atoms with Crippen LogP contribution in [0.2, 0.25) is 0 Å². The van der Waals surface area contributed by atoms with E-state index < -0.39 is 0 Å². The Labute approximate surface area is 71.9 Å². The van der Waals surface area contributed by atoms with E-state index in [1.165, 1.54) is 11.2 Å². The summed E-state index contributed by atoms with van der Waals surface area (Å²) in [7, 11) is 0. The molecule has 0 fully saturated rings. The standard InChI is InChI=1S/C10H12N2/c1-8(2)10-5-3-4-9-6-11-7-12(9)10/h3-8H,1-2H3. The van der Waals surface area contributed by atoms with Gasteiger partial charge >= 0.3 is 0 Å². The van der Waals surface area contributed by atoms with Crippen LogP contribution in [0.5, 0.6) is 0 Å². The molecular weight excluding hydrogens is 148 g/mol. The van der Waals surface area contributed by atoms with Gasteiger partial charge in [-0.15, -0.1) is 0 Å². The average molecular weight is 160 g/mol. The molecule has 0 aromatic carbocycles. The molecule has 0 aliphatic rings. The monoisotopic (exact) mass is 160 g/mol. The summed E-state index contributed by atoms with van der Waals surface area (Å²) in [5, 5.41) is 0. The van der Waals surface area contributed by atoms with Crippen molar-refractivity contribution in [2.75, 3.05) is 0 Å². The van der Waals surface area contributed by atoms with Crippen LogP contribution in [0.3, 0.4) is 0 Å². The predicted molar refractivity (Wildman–Crippen MR) is 49.3 cm³/mol. The van der Waals surface area contributed by atoms with Gasteiger partial charge in [-0.1, -0.05) is 19.9 Å². The summed E-state index contributed by atoms with van der Waals surface area (Å²) >= 11 is 0. The van der Waals surface area contributed by atoms with Crippen molar-refractivity contribution in [1.29, 1.82) is 0 Å². The second-order valence-corrected chi connectivity index (χ2v) is 3.29. The third-order valence-corrected chi connectivity index (χ3v) is 2.07. The van der Waals surface area contributed by atoms with Gasteiger partial charge in [0.2, 0.25) is 0 Å². The van der Waals surface area contributed by atoms with E-state index in [9.17, 15) is 0 Å². The predicted octanol–water partition coefficient (Wildman–Crippen LogP) is 2.46. The fourth-order valence-corrected chi connectivity index (χ4v) is 1.44. The van der Waals surface area contributed by atoms with E-state index in [0.717, 1.165) is 0 Å². The molecule has 2 heterocycles. The van der Waals surface area contributed by atoms with E-state index in [2.05, 4.69) is 41.4 Å². The van der Waals surface area contributed by atoms with Crippen LogP contribution in [0.25, 0.3) is 5.52 Å². The molecule has 12 heavy (non-hydrogen) atoms. The molecule has 0 spiro atoms. The van der Waals surface area contributed by atoms with Crippen molar-refractivity contribution in [2.24, 2.45) is 0 Å². The minimum absolute atomic E-state index is 0.544. The second-order valence-electron chi connectivity index (χ2n) is 3.29. The fourth-order valence-electron chi connectivity index (χ4n) is 1.44. The van der Waals surface area contributed by atoms with Crippen LogP contribution in [0, 0.1) is 0 Å². The van der Waals surface area contributed by atoms with E-state index >= 15 is 0 Å². The maximum Gasteiger partial charge on any atom is 0.0994 e. The number of fused-ring (bicyclic) bond motifs is 1. The number of hydrogen-bond donors (Lipinski definition) is 0. The summed E-state index contributed by atoms with van der Waals surface area (Å²) in [6.07, 6.45) is 3.75. The maximum atomic E-state index is 4.11. The minimum Gasteiger partial charge on any atom is -0.303 e. The zero-order valence-electron chi connectivity index (χ0n) is 7.36. The third-order valence-electron chi connectivity index (χ3n) is 2.07. The number of pyridine rings is 1. The van der Waals surface area contributed by atoms with Crippen LogP contribution in [0.1, 0.15) is 25.5 Å². The highest BCUT2D eigenvalue weighted by Gasteiger charge is 2.02. The molecule has 2 aromatic heterocycles. The molecule has 2 nitrogen and oxygen atoms in total. The van der Waals surface area contributed by atoms with Crippen LogP contribution in [-0.2, 0) is 0 Å². The molecule has 0 bridgehead atoms. The Morgan fingerprint density at radius 1 is 1.33 bits per heavy atom. The van der Waals surface area contributed by atoms with Crippen molar-refractivity contribution in [1.82, 2.24) is 9.38 Å². The summed E-state index contributed by atoms with van der Waals surface area (Å²) in [5.74, 6) is 0.544. The van der Waals surface area contributed by atoms with Gasteiger partial charge in [-0.05, 0) is 18.1 Å². The van der Waals surface area contributed by atoms with Gasteiger partial charge in [0.15, 0.2) is 0 Å². The first kappa shape index (κ1) is 7.35. The van der Waals surface area contributed by atoms with Crippen LogP contribution in [0.4, 0.5) is 0 Å². The summed E-state index contributed by atoms with van der Waals surface area (Å²) < 4.78 is 2.13. The molecule has 0 atom stereocenters. The molecule has 62 valence electrons. The number of rotatable bonds is 1. The molecule has 2 rings (SSSR count). The van der Waals surface area contributed by atoms with Gasteiger partial charge in [-0.25, -0.2) is 4.98 Å². The van der Waals surface area contributed by atoms with Gasteiger partial charge in [0.1, 0.15) is 0 Å². The highest BCUT2D eigenvalue weighted by molar-refractivity contribution is 5.46.